The molecule has 0 aliphatic heterocycles. The zero-order valence-corrected chi connectivity index (χ0v) is 11.4. The van der Waals surface area contributed by atoms with Crippen molar-refractivity contribution in [3.8, 4) is 0 Å². The third-order valence-electron chi connectivity index (χ3n) is 2.85. The lowest BCUT2D eigenvalue weighted by Crippen LogP contribution is -2.27. The Morgan fingerprint density at radius 1 is 1.30 bits per heavy atom. The first-order valence-electron chi connectivity index (χ1n) is 5.92. The highest BCUT2D eigenvalue weighted by Crippen LogP contribution is 2.16. The molecule has 1 aromatic heterocycles. The number of nitrogens with one attached hydrogen (secondary N) is 2. The standard InChI is InChI=1S/C14H12F2N2OS/c1-8(9-4-5-11(15)12(16)7-9)18-13(19)10-3-2-6-17-14(10)20/h2-8H,1H3,(H,17,20)(H,18,19)/t8-/m1/s1. The van der Waals surface area contributed by atoms with Crippen molar-refractivity contribution in [1.82, 2.24) is 10.3 Å². The molecule has 1 amide bonds. The average Bonchev–Trinajstić information content (AvgIpc) is 2.42. The molecule has 0 bridgehead atoms. The van der Waals surface area contributed by atoms with Crippen LogP contribution in [0.4, 0.5) is 8.78 Å². The largest absolute Gasteiger partial charge is 0.352 e. The lowest BCUT2D eigenvalue weighted by molar-refractivity contribution is 0.0939. The van der Waals surface area contributed by atoms with E-state index in [1.165, 1.54) is 6.07 Å². The van der Waals surface area contributed by atoms with Gasteiger partial charge in [-0.05, 0) is 36.8 Å². The van der Waals surface area contributed by atoms with Gasteiger partial charge in [0.15, 0.2) is 11.6 Å². The van der Waals surface area contributed by atoms with Crippen molar-refractivity contribution >= 4 is 18.1 Å². The van der Waals surface area contributed by atoms with Crippen molar-refractivity contribution in [3.63, 3.8) is 0 Å². The van der Waals surface area contributed by atoms with Crippen LogP contribution < -0.4 is 5.32 Å². The minimum absolute atomic E-state index is 0.322. The highest BCUT2D eigenvalue weighted by atomic mass is 32.1. The maximum Gasteiger partial charge on any atom is 0.254 e. The highest BCUT2D eigenvalue weighted by molar-refractivity contribution is 7.71. The van der Waals surface area contributed by atoms with Crippen molar-refractivity contribution in [2.24, 2.45) is 0 Å². The molecule has 1 heterocycles. The van der Waals surface area contributed by atoms with Crippen LogP contribution in [0.2, 0.25) is 0 Å². The molecular weight excluding hydrogens is 282 g/mol. The number of pyridine rings is 1. The molecule has 0 radical (unpaired) electrons. The zero-order valence-electron chi connectivity index (χ0n) is 10.6. The van der Waals surface area contributed by atoms with Crippen LogP contribution in [-0.4, -0.2) is 10.9 Å². The smallest absolute Gasteiger partial charge is 0.254 e. The fourth-order valence-corrected chi connectivity index (χ4v) is 1.97. The molecule has 2 aromatic rings. The normalized spacial score (nSPS) is 11.9. The summed E-state index contributed by atoms with van der Waals surface area (Å²) >= 11 is 5.01. The van der Waals surface area contributed by atoms with E-state index < -0.39 is 17.7 Å². The van der Waals surface area contributed by atoms with Crippen molar-refractivity contribution in [2.75, 3.05) is 0 Å². The van der Waals surface area contributed by atoms with Gasteiger partial charge in [-0.1, -0.05) is 18.3 Å². The molecule has 0 spiro atoms. The van der Waals surface area contributed by atoms with Gasteiger partial charge >= 0.3 is 0 Å². The lowest BCUT2D eigenvalue weighted by Gasteiger charge is -2.14. The number of aromatic amines is 1. The summed E-state index contributed by atoms with van der Waals surface area (Å²) in [4.78, 5) is 14.8. The SMILES string of the molecule is C[C@@H](NC(=O)c1ccc[nH]c1=S)c1ccc(F)c(F)c1. The van der Waals surface area contributed by atoms with Gasteiger partial charge in [0, 0.05) is 6.20 Å². The second kappa shape index (κ2) is 5.92. The van der Waals surface area contributed by atoms with Gasteiger partial charge in [0.25, 0.3) is 5.91 Å². The summed E-state index contributed by atoms with van der Waals surface area (Å²) in [5.41, 5.74) is 0.806. The van der Waals surface area contributed by atoms with E-state index in [0.29, 0.717) is 15.8 Å². The fraction of sp³-hybridized carbons (Fsp3) is 0.143. The predicted octanol–water partition coefficient (Wildman–Crippen LogP) is 3.51. The second-order valence-electron chi connectivity index (χ2n) is 4.28. The van der Waals surface area contributed by atoms with Crippen LogP contribution in [0.1, 0.15) is 28.9 Å². The van der Waals surface area contributed by atoms with Crippen LogP contribution in [-0.2, 0) is 0 Å². The van der Waals surface area contributed by atoms with E-state index in [0.717, 1.165) is 12.1 Å². The van der Waals surface area contributed by atoms with Crippen LogP contribution in [0.25, 0.3) is 0 Å². The third-order valence-corrected chi connectivity index (χ3v) is 3.19. The molecule has 0 unspecified atom stereocenters. The summed E-state index contributed by atoms with van der Waals surface area (Å²) < 4.78 is 26.3. The number of halogens is 2. The lowest BCUT2D eigenvalue weighted by atomic mass is 10.1. The van der Waals surface area contributed by atoms with Gasteiger partial charge in [0.1, 0.15) is 4.64 Å². The third kappa shape index (κ3) is 3.08. The Hall–Kier alpha value is -2.08. The quantitative estimate of drug-likeness (QED) is 0.851. The Morgan fingerprint density at radius 2 is 2.05 bits per heavy atom. The minimum Gasteiger partial charge on any atom is -0.352 e. The number of hydrogen-bond donors (Lipinski definition) is 2. The van der Waals surface area contributed by atoms with E-state index in [4.69, 9.17) is 12.2 Å². The molecule has 0 aliphatic rings. The number of aromatic nitrogens is 1. The summed E-state index contributed by atoms with van der Waals surface area (Å²) in [6.45, 7) is 1.68. The van der Waals surface area contributed by atoms with Gasteiger partial charge in [-0.25, -0.2) is 8.78 Å². The molecule has 1 aromatic carbocycles. The Balaban J connectivity index is 2.17. The molecule has 0 fully saturated rings. The first kappa shape index (κ1) is 14.3. The summed E-state index contributed by atoms with van der Waals surface area (Å²) in [6, 6.07) is 6.30. The zero-order chi connectivity index (χ0) is 14.7. The van der Waals surface area contributed by atoms with Crippen LogP contribution in [0.15, 0.2) is 36.5 Å². The highest BCUT2D eigenvalue weighted by Gasteiger charge is 2.14. The van der Waals surface area contributed by atoms with Gasteiger partial charge in [-0.15, -0.1) is 0 Å². The summed E-state index contributed by atoms with van der Waals surface area (Å²) in [5.74, 6) is -2.23. The Bertz CT molecular complexity index is 700. The molecule has 0 aliphatic carbocycles. The van der Waals surface area contributed by atoms with Crippen LogP contribution in [0.5, 0.6) is 0 Å². The molecule has 3 nitrogen and oxygen atoms in total. The number of carbonyl (C=O) groups excluding carboxylic acids is 1. The Labute approximate surface area is 119 Å². The minimum atomic E-state index is -0.944. The molecule has 0 saturated carbocycles. The van der Waals surface area contributed by atoms with Crippen molar-refractivity contribution < 1.29 is 13.6 Å². The van der Waals surface area contributed by atoms with E-state index >= 15 is 0 Å². The molecule has 104 valence electrons. The second-order valence-corrected chi connectivity index (χ2v) is 4.69. The van der Waals surface area contributed by atoms with Gasteiger partial charge in [-0.2, -0.15) is 0 Å². The molecular formula is C14H12F2N2OS. The fourth-order valence-electron chi connectivity index (χ4n) is 1.74. The number of H-pyrrole nitrogens is 1. The van der Waals surface area contributed by atoms with Gasteiger partial charge in [0.05, 0.1) is 11.6 Å². The molecule has 2 N–H and O–H groups in total. The molecule has 0 saturated heterocycles. The maximum atomic E-state index is 13.2. The molecule has 20 heavy (non-hydrogen) atoms. The van der Waals surface area contributed by atoms with Gasteiger partial charge in [0.2, 0.25) is 0 Å². The molecule has 6 heteroatoms. The number of hydrogen-bond acceptors (Lipinski definition) is 2. The summed E-state index contributed by atoms with van der Waals surface area (Å²) in [5, 5.41) is 2.69. The number of benzene rings is 1. The van der Waals surface area contributed by atoms with E-state index in [1.54, 1.807) is 25.3 Å². The average molecular weight is 294 g/mol. The Morgan fingerprint density at radius 3 is 2.70 bits per heavy atom. The van der Waals surface area contributed by atoms with Crippen LogP contribution in [0.3, 0.4) is 0 Å². The number of amides is 1. The predicted molar refractivity (Wildman–Crippen MR) is 73.9 cm³/mol. The van der Waals surface area contributed by atoms with Gasteiger partial charge < -0.3 is 10.3 Å². The topological polar surface area (TPSA) is 44.9 Å². The monoisotopic (exact) mass is 294 g/mol. The van der Waals surface area contributed by atoms with Crippen molar-refractivity contribution in [3.05, 3.63) is 63.9 Å². The van der Waals surface area contributed by atoms with Gasteiger partial charge in [-0.3, -0.25) is 4.79 Å². The number of carbonyl (C=O) groups is 1. The summed E-state index contributed by atoms with van der Waals surface area (Å²) in [6.07, 6.45) is 1.62. The van der Waals surface area contributed by atoms with Crippen LogP contribution in [0, 0.1) is 16.3 Å². The van der Waals surface area contributed by atoms with E-state index in [9.17, 15) is 13.6 Å². The molecule has 2 rings (SSSR count). The Kier molecular flexibility index (Phi) is 4.24. The van der Waals surface area contributed by atoms with Crippen LogP contribution >= 0.6 is 12.2 Å². The van der Waals surface area contributed by atoms with Crippen molar-refractivity contribution in [1.29, 1.82) is 0 Å². The maximum absolute atomic E-state index is 13.2. The summed E-state index contributed by atoms with van der Waals surface area (Å²) in [7, 11) is 0. The first-order valence-corrected chi connectivity index (χ1v) is 6.33. The van der Waals surface area contributed by atoms with E-state index in [2.05, 4.69) is 10.3 Å². The molecule has 1 atom stereocenters. The van der Waals surface area contributed by atoms with Crippen molar-refractivity contribution in [2.45, 2.75) is 13.0 Å². The first-order chi connectivity index (χ1) is 9.49. The van der Waals surface area contributed by atoms with E-state index in [-0.39, 0.29) is 5.91 Å². The number of rotatable bonds is 3. The van der Waals surface area contributed by atoms with E-state index in [1.807, 2.05) is 0 Å².